The minimum Gasteiger partial charge on any atom is -0.486 e. The number of ether oxygens (including phenoxy) is 3. The predicted octanol–water partition coefficient (Wildman–Crippen LogP) is 3.45. The second-order valence-electron chi connectivity index (χ2n) is 7.76. The number of likely N-dealkylation sites (N-methyl/N-ethyl adjacent to an activating group) is 1. The van der Waals surface area contributed by atoms with Gasteiger partial charge in [-0.1, -0.05) is 18.2 Å². The first-order valence-corrected chi connectivity index (χ1v) is 10.2. The normalized spacial score (nSPS) is 27.8. The zero-order chi connectivity index (χ0) is 22.6. The average Bonchev–Trinajstić information content (AvgIpc) is 2.73. The summed E-state index contributed by atoms with van der Waals surface area (Å²) in [4.78, 5) is 1.76. The third kappa shape index (κ3) is 6.30. The van der Waals surface area contributed by atoms with Crippen LogP contribution in [0.15, 0.2) is 48.1 Å². The second-order valence-corrected chi connectivity index (χ2v) is 7.76. The molecule has 0 amide bonds. The lowest BCUT2D eigenvalue weighted by Crippen LogP contribution is -2.55. The van der Waals surface area contributed by atoms with Crippen LogP contribution in [-0.4, -0.2) is 59.7 Å². The summed E-state index contributed by atoms with van der Waals surface area (Å²) < 4.78 is 55.2. The summed E-state index contributed by atoms with van der Waals surface area (Å²) in [6.07, 6.45) is -0.491. The van der Waals surface area contributed by atoms with E-state index in [1.54, 1.807) is 18.9 Å². The van der Waals surface area contributed by atoms with Crippen LogP contribution < -0.4 is 4.74 Å². The summed E-state index contributed by atoms with van der Waals surface area (Å²) >= 11 is 0. The highest BCUT2D eigenvalue weighted by atomic mass is 19.4. The van der Waals surface area contributed by atoms with E-state index in [4.69, 9.17) is 14.2 Å². The number of nitrogens with zero attached hydrogens (tertiary/aromatic N) is 1. The Hall–Kier alpha value is -1.91. The van der Waals surface area contributed by atoms with Gasteiger partial charge in [-0.05, 0) is 56.7 Å². The van der Waals surface area contributed by atoms with E-state index in [0.717, 1.165) is 30.5 Å². The maximum atomic E-state index is 12.8. The highest BCUT2D eigenvalue weighted by molar-refractivity contribution is 5.30. The van der Waals surface area contributed by atoms with Gasteiger partial charge in [0.2, 0.25) is 0 Å². The minimum atomic E-state index is -4.40. The molecule has 5 atom stereocenters. The van der Waals surface area contributed by atoms with Gasteiger partial charge in [0.1, 0.15) is 18.0 Å². The molecule has 1 heterocycles. The lowest BCUT2D eigenvalue weighted by atomic mass is 9.97. The van der Waals surface area contributed by atoms with Gasteiger partial charge in [0.15, 0.2) is 18.8 Å². The number of hydrogen-bond donors (Lipinski definition) is 2. The Kier molecular flexibility index (Phi) is 7.77. The topological polar surface area (TPSA) is 71.4 Å². The molecule has 1 saturated heterocycles. The largest absolute Gasteiger partial charge is 0.486 e. The predicted molar refractivity (Wildman–Crippen MR) is 107 cm³/mol. The van der Waals surface area contributed by atoms with Crippen LogP contribution in [0.2, 0.25) is 0 Å². The van der Waals surface area contributed by atoms with Crippen molar-refractivity contribution in [2.75, 3.05) is 13.6 Å². The fourth-order valence-corrected chi connectivity index (χ4v) is 3.54. The van der Waals surface area contributed by atoms with Gasteiger partial charge >= 0.3 is 6.18 Å². The van der Waals surface area contributed by atoms with Gasteiger partial charge in [-0.15, -0.1) is 0 Å². The van der Waals surface area contributed by atoms with Gasteiger partial charge < -0.3 is 24.4 Å². The van der Waals surface area contributed by atoms with Gasteiger partial charge in [0.25, 0.3) is 0 Å². The summed E-state index contributed by atoms with van der Waals surface area (Å²) in [5, 5.41) is 19.7. The van der Waals surface area contributed by atoms with Gasteiger partial charge in [-0.2, -0.15) is 13.2 Å². The van der Waals surface area contributed by atoms with E-state index in [2.05, 4.69) is 0 Å². The molecule has 172 valence electrons. The van der Waals surface area contributed by atoms with Crippen LogP contribution in [0.25, 0.3) is 0 Å². The van der Waals surface area contributed by atoms with Crippen molar-refractivity contribution < 1.29 is 37.6 Å². The number of benzene rings is 1. The SMILES string of the molecule is CC1OC(N(C)CCC(Oc2ccc(C(F)(F)F)cc2)C2=CC=CCC2)C(O)OC1O. The fourth-order valence-electron chi connectivity index (χ4n) is 3.54. The van der Waals surface area contributed by atoms with E-state index >= 15 is 0 Å². The molecule has 3 rings (SSSR count). The van der Waals surface area contributed by atoms with E-state index in [9.17, 15) is 23.4 Å². The van der Waals surface area contributed by atoms with Crippen molar-refractivity contribution >= 4 is 0 Å². The van der Waals surface area contributed by atoms with Crippen LogP contribution in [0.3, 0.4) is 0 Å². The number of hydrogen-bond acceptors (Lipinski definition) is 6. The lowest BCUT2D eigenvalue weighted by Gasteiger charge is -2.40. The molecule has 9 heteroatoms. The molecule has 0 saturated carbocycles. The van der Waals surface area contributed by atoms with Gasteiger partial charge in [-0.25, -0.2) is 0 Å². The Balaban J connectivity index is 1.67. The van der Waals surface area contributed by atoms with Crippen LogP contribution in [0, 0.1) is 0 Å². The lowest BCUT2D eigenvalue weighted by molar-refractivity contribution is -0.354. The maximum Gasteiger partial charge on any atom is 0.416 e. The van der Waals surface area contributed by atoms with Crippen molar-refractivity contribution in [3.63, 3.8) is 0 Å². The second kappa shape index (κ2) is 10.1. The van der Waals surface area contributed by atoms with Crippen molar-refractivity contribution in [3.8, 4) is 5.75 Å². The molecule has 1 fully saturated rings. The third-order valence-corrected chi connectivity index (χ3v) is 5.38. The molecule has 6 nitrogen and oxygen atoms in total. The first kappa shape index (κ1) is 23.7. The molecule has 1 aromatic rings. The molecular formula is C22H28F3NO5. The summed E-state index contributed by atoms with van der Waals surface area (Å²) in [6, 6.07) is 4.65. The fraction of sp³-hybridized carbons (Fsp3) is 0.545. The molecule has 0 radical (unpaired) electrons. The molecule has 0 aromatic heterocycles. The Bertz CT molecular complexity index is 780. The highest BCUT2D eigenvalue weighted by Crippen LogP contribution is 2.31. The maximum absolute atomic E-state index is 12.8. The monoisotopic (exact) mass is 443 g/mol. The third-order valence-electron chi connectivity index (χ3n) is 5.38. The smallest absolute Gasteiger partial charge is 0.416 e. The quantitative estimate of drug-likeness (QED) is 0.673. The molecule has 31 heavy (non-hydrogen) atoms. The molecule has 5 unspecified atom stereocenters. The minimum absolute atomic E-state index is 0.352. The zero-order valence-corrected chi connectivity index (χ0v) is 17.5. The number of halogens is 3. The summed E-state index contributed by atoms with van der Waals surface area (Å²) in [6.45, 7) is 2.10. The molecule has 1 aliphatic carbocycles. The zero-order valence-electron chi connectivity index (χ0n) is 17.5. The Morgan fingerprint density at radius 3 is 2.48 bits per heavy atom. The first-order valence-electron chi connectivity index (χ1n) is 10.2. The first-order chi connectivity index (χ1) is 14.6. The Morgan fingerprint density at radius 1 is 1.16 bits per heavy atom. The van der Waals surface area contributed by atoms with Crippen LogP contribution >= 0.6 is 0 Å². The standard InChI is InChI=1S/C22H28F3NO5/c1-14-20(27)31-21(28)19(29-14)26(2)13-12-18(15-6-4-3-5-7-15)30-17-10-8-16(9-11-17)22(23,24)25/h3-4,6,8-11,14,18-21,27-28H,5,7,12-13H2,1-2H3. The molecule has 1 aliphatic heterocycles. The molecule has 1 aromatic carbocycles. The van der Waals surface area contributed by atoms with Crippen molar-refractivity contribution in [3.05, 3.63) is 53.6 Å². The van der Waals surface area contributed by atoms with E-state index in [-0.39, 0.29) is 6.10 Å². The number of rotatable bonds is 7. The van der Waals surface area contributed by atoms with E-state index in [0.29, 0.717) is 18.7 Å². The summed E-state index contributed by atoms with van der Waals surface area (Å²) in [5.41, 5.74) is 0.316. The number of aliphatic hydroxyl groups is 2. The van der Waals surface area contributed by atoms with Crippen molar-refractivity contribution in [2.24, 2.45) is 0 Å². The molecular weight excluding hydrogens is 415 g/mol. The number of aliphatic hydroxyl groups excluding tert-OH is 2. The van der Waals surface area contributed by atoms with Crippen LogP contribution in [0.5, 0.6) is 5.75 Å². The summed E-state index contributed by atoms with van der Waals surface area (Å²) in [5.74, 6) is 0.352. The summed E-state index contributed by atoms with van der Waals surface area (Å²) in [7, 11) is 1.76. The van der Waals surface area contributed by atoms with Crippen molar-refractivity contribution in [2.45, 2.75) is 63.4 Å². The molecule has 0 bridgehead atoms. The number of alkyl halides is 3. The van der Waals surface area contributed by atoms with Gasteiger partial charge in [0.05, 0.1) is 5.56 Å². The van der Waals surface area contributed by atoms with E-state index < -0.39 is 36.7 Å². The van der Waals surface area contributed by atoms with Gasteiger partial charge in [0, 0.05) is 13.0 Å². The van der Waals surface area contributed by atoms with Crippen LogP contribution in [0.4, 0.5) is 13.2 Å². The Labute approximate surface area is 179 Å². The van der Waals surface area contributed by atoms with E-state index in [1.165, 1.54) is 12.1 Å². The average molecular weight is 443 g/mol. The molecule has 0 spiro atoms. The van der Waals surface area contributed by atoms with Crippen LogP contribution in [0.1, 0.15) is 31.7 Å². The van der Waals surface area contributed by atoms with Crippen molar-refractivity contribution in [1.29, 1.82) is 0 Å². The van der Waals surface area contributed by atoms with E-state index in [1.807, 2.05) is 18.2 Å². The van der Waals surface area contributed by atoms with Gasteiger partial charge in [-0.3, -0.25) is 4.90 Å². The van der Waals surface area contributed by atoms with Crippen molar-refractivity contribution in [1.82, 2.24) is 4.90 Å². The highest BCUT2D eigenvalue weighted by Gasteiger charge is 2.37. The van der Waals surface area contributed by atoms with Crippen LogP contribution in [-0.2, 0) is 15.7 Å². The Morgan fingerprint density at radius 2 is 1.87 bits per heavy atom. The molecule has 2 aliphatic rings. The number of allylic oxidation sites excluding steroid dienone is 3. The molecule has 2 N–H and O–H groups in total.